The highest BCUT2D eigenvalue weighted by molar-refractivity contribution is 9.10. The van der Waals surface area contributed by atoms with Crippen molar-refractivity contribution in [3.8, 4) is 0 Å². The second kappa shape index (κ2) is 5.94. The number of hydrogen-bond acceptors (Lipinski definition) is 1. The van der Waals surface area contributed by atoms with Crippen molar-refractivity contribution in [2.75, 3.05) is 0 Å². The van der Waals surface area contributed by atoms with Crippen LogP contribution in [0.25, 0.3) is 0 Å². The summed E-state index contributed by atoms with van der Waals surface area (Å²) >= 11 is 9.46. The molecule has 0 fully saturated rings. The summed E-state index contributed by atoms with van der Waals surface area (Å²) in [4.78, 5) is 12.9. The highest BCUT2D eigenvalue weighted by Gasteiger charge is 2.20. The fourth-order valence-electron chi connectivity index (χ4n) is 2.67. The molecule has 0 atom stereocenters. The average Bonchev–Trinajstić information content (AvgIpc) is 2.42. The van der Waals surface area contributed by atoms with Crippen LogP contribution in [0.5, 0.6) is 0 Å². The van der Waals surface area contributed by atoms with Crippen LogP contribution in [-0.4, -0.2) is 5.78 Å². The van der Waals surface area contributed by atoms with Gasteiger partial charge < -0.3 is 0 Å². The van der Waals surface area contributed by atoms with Gasteiger partial charge in [-0.2, -0.15) is 0 Å². The van der Waals surface area contributed by atoms with Crippen molar-refractivity contribution >= 4 is 33.3 Å². The number of rotatable bonds is 2. The summed E-state index contributed by atoms with van der Waals surface area (Å²) in [6, 6.07) is 5.32. The van der Waals surface area contributed by atoms with Gasteiger partial charge in [0.25, 0.3) is 0 Å². The van der Waals surface area contributed by atoms with Gasteiger partial charge in [-0.3, -0.25) is 4.79 Å². The van der Waals surface area contributed by atoms with Gasteiger partial charge in [0.15, 0.2) is 5.78 Å². The van der Waals surface area contributed by atoms with Gasteiger partial charge in [-0.05, 0) is 80.6 Å². The van der Waals surface area contributed by atoms with Crippen LogP contribution in [0.15, 0.2) is 22.7 Å². The number of carbonyl (C=O) groups excluding carboxylic acids is 1. The minimum absolute atomic E-state index is 0.0272. The van der Waals surface area contributed by atoms with Gasteiger partial charge in [0.1, 0.15) is 0 Å². The SMILES string of the molecule is Cc1c(C)c(C)c(C(=O)c2cc(Cl)cc(Br)c2)c(C)c1C. The zero-order valence-electron chi connectivity index (χ0n) is 12.9. The summed E-state index contributed by atoms with van der Waals surface area (Å²) in [6.45, 7) is 10.3. The van der Waals surface area contributed by atoms with E-state index in [-0.39, 0.29) is 5.78 Å². The maximum atomic E-state index is 12.9. The lowest BCUT2D eigenvalue weighted by atomic mass is 9.86. The summed E-state index contributed by atoms with van der Waals surface area (Å²) in [7, 11) is 0. The Bertz CT molecular complexity index is 698. The van der Waals surface area contributed by atoms with Crippen molar-refractivity contribution in [3.05, 3.63) is 66.6 Å². The van der Waals surface area contributed by atoms with E-state index < -0.39 is 0 Å². The lowest BCUT2D eigenvalue weighted by molar-refractivity contribution is 0.103. The molecular formula is C18H18BrClO. The summed E-state index contributed by atoms with van der Waals surface area (Å²) in [5.41, 5.74) is 7.14. The summed E-state index contributed by atoms with van der Waals surface area (Å²) in [6.07, 6.45) is 0. The number of halogens is 2. The Morgan fingerprint density at radius 2 is 1.33 bits per heavy atom. The molecular weight excluding hydrogens is 348 g/mol. The fraction of sp³-hybridized carbons (Fsp3) is 0.278. The molecule has 2 aromatic carbocycles. The molecule has 2 aromatic rings. The van der Waals surface area contributed by atoms with Crippen molar-refractivity contribution in [2.45, 2.75) is 34.6 Å². The predicted molar refractivity (Wildman–Crippen MR) is 92.7 cm³/mol. The van der Waals surface area contributed by atoms with E-state index in [0.29, 0.717) is 10.6 Å². The second-order valence-corrected chi connectivity index (χ2v) is 6.84. The monoisotopic (exact) mass is 364 g/mol. The molecule has 0 aliphatic carbocycles. The maximum Gasteiger partial charge on any atom is 0.193 e. The molecule has 3 heteroatoms. The molecule has 110 valence electrons. The third-order valence-electron chi connectivity index (χ3n) is 4.35. The van der Waals surface area contributed by atoms with E-state index in [0.717, 1.165) is 21.2 Å². The lowest BCUT2D eigenvalue weighted by Crippen LogP contribution is -2.10. The quantitative estimate of drug-likeness (QED) is 0.608. The average molecular weight is 366 g/mol. The van der Waals surface area contributed by atoms with Crippen molar-refractivity contribution in [2.24, 2.45) is 0 Å². The molecule has 0 aliphatic heterocycles. The molecule has 0 bridgehead atoms. The minimum Gasteiger partial charge on any atom is -0.289 e. The number of benzene rings is 2. The van der Waals surface area contributed by atoms with Crippen molar-refractivity contribution < 1.29 is 4.79 Å². The van der Waals surface area contributed by atoms with Crippen LogP contribution in [0.3, 0.4) is 0 Å². The first-order valence-corrected chi connectivity index (χ1v) is 7.99. The van der Waals surface area contributed by atoms with E-state index in [4.69, 9.17) is 11.6 Å². The van der Waals surface area contributed by atoms with Gasteiger partial charge in [0.05, 0.1) is 0 Å². The van der Waals surface area contributed by atoms with E-state index in [2.05, 4.69) is 36.7 Å². The molecule has 2 rings (SSSR count). The molecule has 0 saturated carbocycles. The molecule has 0 aliphatic rings. The van der Waals surface area contributed by atoms with Crippen LogP contribution >= 0.6 is 27.5 Å². The maximum absolute atomic E-state index is 12.9. The third-order valence-corrected chi connectivity index (χ3v) is 5.03. The molecule has 0 aromatic heterocycles. The predicted octanol–water partition coefficient (Wildman–Crippen LogP) is 5.88. The molecule has 1 nitrogen and oxygen atoms in total. The number of ketones is 1. The fourth-order valence-corrected chi connectivity index (χ4v) is 3.53. The van der Waals surface area contributed by atoms with E-state index in [1.54, 1.807) is 12.1 Å². The molecule has 0 radical (unpaired) electrons. The van der Waals surface area contributed by atoms with Crippen LogP contribution in [0, 0.1) is 34.6 Å². The number of hydrogen-bond donors (Lipinski definition) is 0. The van der Waals surface area contributed by atoms with Gasteiger partial charge >= 0.3 is 0 Å². The van der Waals surface area contributed by atoms with Crippen molar-refractivity contribution in [1.82, 2.24) is 0 Å². The van der Waals surface area contributed by atoms with E-state index in [1.165, 1.54) is 16.7 Å². The zero-order valence-corrected chi connectivity index (χ0v) is 15.2. The third kappa shape index (κ3) is 2.93. The standard InChI is InChI=1S/C18H18BrClO/c1-9-10(2)12(4)17(13(5)11(9)3)18(21)14-6-15(19)8-16(20)7-14/h6-8H,1-5H3. The lowest BCUT2D eigenvalue weighted by Gasteiger charge is -2.18. The molecule has 0 saturated heterocycles. The first-order valence-electron chi connectivity index (χ1n) is 6.81. The largest absolute Gasteiger partial charge is 0.289 e. The van der Waals surface area contributed by atoms with Crippen molar-refractivity contribution in [1.29, 1.82) is 0 Å². The molecule has 0 N–H and O–H groups in total. The number of carbonyl (C=O) groups is 1. The van der Waals surface area contributed by atoms with Gasteiger partial charge in [0.2, 0.25) is 0 Å². The molecule has 0 spiro atoms. The minimum atomic E-state index is 0.0272. The Morgan fingerprint density at radius 3 is 1.81 bits per heavy atom. The smallest absolute Gasteiger partial charge is 0.193 e. The summed E-state index contributed by atoms with van der Waals surface area (Å²) < 4.78 is 0.814. The molecule has 21 heavy (non-hydrogen) atoms. The second-order valence-electron chi connectivity index (χ2n) is 5.49. The molecule has 0 unspecified atom stereocenters. The van der Waals surface area contributed by atoms with Crippen LogP contribution in [-0.2, 0) is 0 Å². The molecule has 0 heterocycles. The summed E-state index contributed by atoms with van der Waals surface area (Å²) in [5, 5.41) is 0.559. The first kappa shape index (κ1) is 16.3. The zero-order chi connectivity index (χ0) is 15.9. The van der Waals surface area contributed by atoms with Crippen LogP contribution in [0.1, 0.15) is 43.7 Å². The van der Waals surface area contributed by atoms with E-state index in [1.807, 2.05) is 19.9 Å². The van der Waals surface area contributed by atoms with Crippen LogP contribution in [0.2, 0.25) is 5.02 Å². The van der Waals surface area contributed by atoms with E-state index in [9.17, 15) is 4.79 Å². The van der Waals surface area contributed by atoms with Gasteiger partial charge in [-0.1, -0.05) is 27.5 Å². The van der Waals surface area contributed by atoms with Gasteiger partial charge in [0, 0.05) is 20.6 Å². The topological polar surface area (TPSA) is 17.1 Å². The Morgan fingerprint density at radius 1 is 0.857 bits per heavy atom. The Labute approximate surface area is 139 Å². The highest BCUT2D eigenvalue weighted by atomic mass is 79.9. The van der Waals surface area contributed by atoms with Crippen LogP contribution < -0.4 is 0 Å². The normalized spacial score (nSPS) is 10.8. The van der Waals surface area contributed by atoms with Crippen LogP contribution in [0.4, 0.5) is 0 Å². The first-order chi connectivity index (χ1) is 9.73. The Balaban J connectivity index is 2.69. The molecule has 0 amide bonds. The highest BCUT2D eigenvalue weighted by Crippen LogP contribution is 2.29. The van der Waals surface area contributed by atoms with Gasteiger partial charge in [-0.25, -0.2) is 0 Å². The van der Waals surface area contributed by atoms with E-state index >= 15 is 0 Å². The van der Waals surface area contributed by atoms with Crippen molar-refractivity contribution in [3.63, 3.8) is 0 Å². The summed E-state index contributed by atoms with van der Waals surface area (Å²) in [5.74, 6) is 0.0272. The Kier molecular flexibility index (Phi) is 4.60. The Hall–Kier alpha value is -1.12. The van der Waals surface area contributed by atoms with Gasteiger partial charge in [-0.15, -0.1) is 0 Å².